The van der Waals surface area contributed by atoms with Crippen LogP contribution in [0.3, 0.4) is 0 Å². The Bertz CT molecular complexity index is 991. The first-order chi connectivity index (χ1) is 13.1. The highest BCUT2D eigenvalue weighted by molar-refractivity contribution is 6.33. The molecule has 0 aliphatic carbocycles. The number of aromatic nitrogens is 1. The molecule has 6 nitrogen and oxygen atoms in total. The highest BCUT2D eigenvalue weighted by Gasteiger charge is 2.12. The van der Waals surface area contributed by atoms with Crippen molar-refractivity contribution >= 4 is 29.7 Å². The van der Waals surface area contributed by atoms with Crippen molar-refractivity contribution in [3.8, 4) is 5.75 Å². The van der Waals surface area contributed by atoms with Crippen LogP contribution in [0.15, 0.2) is 78.2 Å². The lowest BCUT2D eigenvalue weighted by atomic mass is 10.2. The van der Waals surface area contributed by atoms with Crippen molar-refractivity contribution < 1.29 is 14.3 Å². The lowest BCUT2D eigenvalue weighted by Crippen LogP contribution is -2.17. The number of ether oxygens (including phenoxy) is 1. The van der Waals surface area contributed by atoms with Crippen LogP contribution in [0.4, 0.5) is 0 Å². The molecule has 3 aromatic rings. The summed E-state index contributed by atoms with van der Waals surface area (Å²) in [7, 11) is 0. The van der Waals surface area contributed by atoms with E-state index in [4.69, 9.17) is 16.3 Å². The van der Waals surface area contributed by atoms with Crippen LogP contribution in [0.2, 0.25) is 5.02 Å². The second-order valence-corrected chi connectivity index (χ2v) is 5.79. The number of esters is 1. The van der Waals surface area contributed by atoms with E-state index in [2.05, 4.69) is 15.5 Å². The average molecular weight is 380 g/mol. The summed E-state index contributed by atoms with van der Waals surface area (Å²) in [5.41, 5.74) is 3.73. The van der Waals surface area contributed by atoms with Gasteiger partial charge in [0.2, 0.25) is 0 Å². The third-order valence-electron chi connectivity index (χ3n) is 3.47. The molecule has 0 atom stereocenters. The minimum Gasteiger partial charge on any atom is -0.423 e. The zero-order valence-electron chi connectivity index (χ0n) is 14.0. The van der Waals surface area contributed by atoms with Gasteiger partial charge in [-0.05, 0) is 42.0 Å². The molecular formula is C20H14ClN3O3. The highest BCUT2D eigenvalue weighted by atomic mass is 35.5. The number of hydrogen-bond donors (Lipinski definition) is 1. The number of nitrogens with one attached hydrogen (secondary N) is 1. The van der Waals surface area contributed by atoms with Crippen molar-refractivity contribution in [3.05, 3.63) is 94.8 Å². The number of benzene rings is 2. The summed E-state index contributed by atoms with van der Waals surface area (Å²) in [4.78, 5) is 28.0. The van der Waals surface area contributed by atoms with Crippen LogP contribution in [0, 0.1) is 0 Å². The number of hydrazone groups is 1. The van der Waals surface area contributed by atoms with E-state index >= 15 is 0 Å². The number of amides is 1. The van der Waals surface area contributed by atoms with Crippen molar-refractivity contribution in [1.82, 2.24) is 10.4 Å². The summed E-state index contributed by atoms with van der Waals surface area (Å²) in [6.07, 6.45) is 4.47. The number of nitrogens with zero attached hydrogens (tertiary/aromatic N) is 2. The van der Waals surface area contributed by atoms with Gasteiger partial charge in [-0.15, -0.1) is 0 Å². The Balaban J connectivity index is 1.64. The van der Waals surface area contributed by atoms with Gasteiger partial charge < -0.3 is 4.74 Å². The minimum atomic E-state index is -0.556. The minimum absolute atomic E-state index is 0.280. The molecule has 3 rings (SSSR count). The number of carbonyl (C=O) groups excluding carboxylic acids is 2. The lowest BCUT2D eigenvalue weighted by molar-refractivity contribution is 0.0734. The third kappa shape index (κ3) is 4.99. The van der Waals surface area contributed by atoms with E-state index in [1.165, 1.54) is 12.4 Å². The Morgan fingerprint density at radius 1 is 1.07 bits per heavy atom. The van der Waals surface area contributed by atoms with Crippen molar-refractivity contribution in [3.63, 3.8) is 0 Å². The average Bonchev–Trinajstić information content (AvgIpc) is 2.69. The number of hydrogen-bond acceptors (Lipinski definition) is 5. The fourth-order valence-corrected chi connectivity index (χ4v) is 2.39. The summed E-state index contributed by atoms with van der Waals surface area (Å²) in [5.74, 6) is -0.595. The first-order valence-corrected chi connectivity index (χ1v) is 8.31. The lowest BCUT2D eigenvalue weighted by Gasteiger charge is -2.06. The maximum absolute atomic E-state index is 12.2. The number of carbonyl (C=O) groups is 2. The van der Waals surface area contributed by atoms with Gasteiger partial charge in [0.1, 0.15) is 5.75 Å². The maximum atomic E-state index is 12.2. The summed E-state index contributed by atoms with van der Waals surface area (Å²) in [5, 5.41) is 4.21. The Hall–Kier alpha value is -3.51. The SMILES string of the molecule is O=C(N/N=C/c1cccc(OC(=O)c2ccccc2Cl)c1)c1cccnc1. The number of halogens is 1. The predicted octanol–water partition coefficient (Wildman–Crippen LogP) is 3.72. The van der Waals surface area contributed by atoms with Gasteiger partial charge in [-0.1, -0.05) is 35.9 Å². The third-order valence-corrected chi connectivity index (χ3v) is 3.80. The van der Waals surface area contributed by atoms with Crippen LogP contribution in [0.1, 0.15) is 26.3 Å². The van der Waals surface area contributed by atoms with Crippen molar-refractivity contribution in [1.29, 1.82) is 0 Å². The van der Waals surface area contributed by atoms with Crippen LogP contribution < -0.4 is 10.2 Å². The molecule has 2 aromatic carbocycles. The standard InChI is InChI=1S/C20H14ClN3O3/c21-18-9-2-1-8-17(18)20(26)27-16-7-3-5-14(11-16)12-23-24-19(25)15-6-4-10-22-13-15/h1-13H,(H,24,25)/b23-12+. The zero-order chi connectivity index (χ0) is 19.1. The first-order valence-electron chi connectivity index (χ1n) is 7.94. The molecule has 27 heavy (non-hydrogen) atoms. The predicted molar refractivity (Wildman–Crippen MR) is 102 cm³/mol. The molecule has 1 N–H and O–H groups in total. The van der Waals surface area contributed by atoms with Crippen LogP contribution in [0.25, 0.3) is 0 Å². The molecular weight excluding hydrogens is 366 g/mol. The van der Waals surface area contributed by atoms with Gasteiger partial charge in [0, 0.05) is 12.4 Å². The second-order valence-electron chi connectivity index (χ2n) is 5.38. The van der Waals surface area contributed by atoms with E-state index in [9.17, 15) is 9.59 Å². The van der Waals surface area contributed by atoms with Gasteiger partial charge in [-0.25, -0.2) is 10.2 Å². The number of pyridine rings is 1. The van der Waals surface area contributed by atoms with E-state index in [0.717, 1.165) is 0 Å². The van der Waals surface area contributed by atoms with Gasteiger partial charge in [0.05, 0.1) is 22.4 Å². The van der Waals surface area contributed by atoms with Gasteiger partial charge >= 0.3 is 5.97 Å². The summed E-state index contributed by atoms with van der Waals surface area (Å²) in [6, 6.07) is 16.7. The molecule has 0 saturated carbocycles. The summed E-state index contributed by atoms with van der Waals surface area (Å²) < 4.78 is 5.34. The zero-order valence-corrected chi connectivity index (χ0v) is 14.8. The van der Waals surface area contributed by atoms with E-state index < -0.39 is 5.97 Å². The van der Waals surface area contributed by atoms with Crippen molar-refractivity contribution in [2.24, 2.45) is 5.10 Å². The largest absolute Gasteiger partial charge is 0.423 e. The van der Waals surface area contributed by atoms with E-state index in [1.807, 2.05) is 0 Å². The van der Waals surface area contributed by atoms with Crippen molar-refractivity contribution in [2.45, 2.75) is 0 Å². The van der Waals surface area contributed by atoms with Gasteiger partial charge in [-0.3, -0.25) is 9.78 Å². The van der Waals surface area contributed by atoms with Gasteiger partial charge in [0.25, 0.3) is 5.91 Å². The Morgan fingerprint density at radius 3 is 2.70 bits per heavy atom. The molecule has 0 unspecified atom stereocenters. The first kappa shape index (κ1) is 18.3. The van der Waals surface area contributed by atoms with Crippen LogP contribution in [0.5, 0.6) is 5.75 Å². The molecule has 0 saturated heterocycles. The molecule has 7 heteroatoms. The van der Waals surface area contributed by atoms with E-state index in [-0.39, 0.29) is 11.5 Å². The molecule has 0 radical (unpaired) electrons. The fraction of sp³-hybridized carbons (Fsp3) is 0. The van der Waals surface area contributed by atoms with Gasteiger partial charge in [0.15, 0.2) is 0 Å². The highest BCUT2D eigenvalue weighted by Crippen LogP contribution is 2.19. The summed E-state index contributed by atoms with van der Waals surface area (Å²) in [6.45, 7) is 0. The monoisotopic (exact) mass is 379 g/mol. The molecule has 1 aromatic heterocycles. The van der Waals surface area contributed by atoms with Crippen molar-refractivity contribution in [2.75, 3.05) is 0 Å². The molecule has 0 fully saturated rings. The van der Waals surface area contributed by atoms with Crippen LogP contribution >= 0.6 is 11.6 Å². The molecule has 0 aliphatic rings. The Labute approximate surface area is 160 Å². The molecule has 1 heterocycles. The van der Waals surface area contributed by atoms with Crippen LogP contribution in [-0.4, -0.2) is 23.1 Å². The quantitative estimate of drug-likeness (QED) is 0.317. The summed E-state index contributed by atoms with van der Waals surface area (Å²) >= 11 is 6.00. The molecule has 0 spiro atoms. The number of rotatable bonds is 5. The fourth-order valence-electron chi connectivity index (χ4n) is 2.17. The maximum Gasteiger partial charge on any atom is 0.345 e. The molecule has 1 amide bonds. The second kappa shape index (κ2) is 8.73. The Kier molecular flexibility index (Phi) is 5.91. The molecule has 0 aliphatic heterocycles. The topological polar surface area (TPSA) is 80.6 Å². The Morgan fingerprint density at radius 2 is 1.93 bits per heavy atom. The van der Waals surface area contributed by atoms with Crippen LogP contribution in [-0.2, 0) is 0 Å². The van der Waals surface area contributed by atoms with E-state index in [0.29, 0.717) is 21.9 Å². The molecule has 134 valence electrons. The van der Waals surface area contributed by atoms with E-state index in [1.54, 1.807) is 66.9 Å². The van der Waals surface area contributed by atoms with Gasteiger partial charge in [-0.2, -0.15) is 5.10 Å². The molecule has 0 bridgehead atoms. The normalized spacial score (nSPS) is 10.6. The smallest absolute Gasteiger partial charge is 0.345 e.